The van der Waals surface area contributed by atoms with Crippen molar-refractivity contribution in [3.8, 4) is 22.6 Å². The second-order valence-corrected chi connectivity index (χ2v) is 12.7. The molecule has 0 bridgehead atoms. The number of carboxylic acids is 1. The lowest BCUT2D eigenvalue weighted by molar-refractivity contribution is 0.0696. The summed E-state index contributed by atoms with van der Waals surface area (Å²) >= 11 is 30.2. The summed E-state index contributed by atoms with van der Waals surface area (Å²) in [6, 6.07) is 3.00. The molecule has 5 nitrogen and oxygen atoms in total. The van der Waals surface area contributed by atoms with E-state index in [0.717, 1.165) is 0 Å². The molecule has 4 rings (SSSR count). The first-order valence-corrected chi connectivity index (χ1v) is 14.5. The van der Waals surface area contributed by atoms with Crippen molar-refractivity contribution >= 4 is 160 Å². The number of benzene rings is 3. The third kappa shape index (κ3) is 4.19. The van der Waals surface area contributed by atoms with Crippen molar-refractivity contribution in [2.75, 3.05) is 0 Å². The molecule has 0 aliphatic carbocycles. The number of carboxylic acid groups (broad SMARTS) is 1. The molecule has 0 fully saturated rings. The van der Waals surface area contributed by atoms with Crippen LogP contribution in [0.15, 0.2) is 34.4 Å². The Kier molecular flexibility index (Phi) is 7.75. The van der Waals surface area contributed by atoms with Crippen molar-refractivity contribution in [2.45, 2.75) is 0 Å². The number of rotatable bonds is 2. The minimum atomic E-state index is -1.19. The number of aromatic hydroxyl groups is 2. The zero-order chi connectivity index (χ0) is 24.5. The highest BCUT2D eigenvalue weighted by molar-refractivity contribution is 14.1. The van der Waals surface area contributed by atoms with Gasteiger partial charge in [-0.2, -0.15) is 0 Å². The van der Waals surface area contributed by atoms with Gasteiger partial charge in [0.1, 0.15) is 0 Å². The number of phenols is 2. The van der Waals surface area contributed by atoms with E-state index < -0.39 is 5.97 Å². The number of aromatic carboxylic acids is 1. The smallest absolute Gasteiger partial charge is 0.378 e. The zero-order valence-electron chi connectivity index (χ0n) is 15.3. The number of hydrogen-bond acceptors (Lipinski definition) is 3. The molecular formula is C20H5Br4Cl2I2O5+. The molecule has 0 aliphatic heterocycles. The average Bonchev–Trinajstić information content (AvgIpc) is 2.76. The van der Waals surface area contributed by atoms with E-state index in [4.69, 9.17) is 27.6 Å². The van der Waals surface area contributed by atoms with Gasteiger partial charge in [-0.25, -0.2) is 9.21 Å². The highest BCUT2D eigenvalue weighted by atomic mass is 127. The molecule has 3 aromatic carbocycles. The maximum atomic E-state index is 12.4. The summed E-state index contributed by atoms with van der Waals surface area (Å²) in [7, 11) is 0. The van der Waals surface area contributed by atoms with Gasteiger partial charge in [0.2, 0.25) is 0 Å². The van der Waals surface area contributed by atoms with Gasteiger partial charge in [0.05, 0.1) is 26.4 Å². The molecule has 33 heavy (non-hydrogen) atoms. The predicted octanol–water partition coefficient (Wildman–Crippen LogP) is 10.2. The summed E-state index contributed by atoms with van der Waals surface area (Å²) in [6.07, 6.45) is 0. The molecular weight excluding hydrogens is 965 g/mol. The Morgan fingerprint density at radius 3 is 1.64 bits per heavy atom. The second-order valence-electron chi connectivity index (χ2n) is 6.58. The first-order valence-electron chi connectivity index (χ1n) is 8.45. The summed E-state index contributed by atoms with van der Waals surface area (Å²) in [5, 5.41) is 32.0. The monoisotopic (exact) mass is 964 g/mol. The van der Waals surface area contributed by atoms with E-state index in [1.54, 1.807) is 0 Å². The lowest BCUT2D eigenvalue weighted by Crippen LogP contribution is -2.05. The zero-order valence-corrected chi connectivity index (χ0v) is 27.5. The lowest BCUT2D eigenvalue weighted by atomic mass is 9.93. The Morgan fingerprint density at radius 1 is 0.788 bits per heavy atom. The summed E-state index contributed by atoms with van der Waals surface area (Å²) < 4.78 is 8.59. The van der Waals surface area contributed by atoms with Crippen LogP contribution in [-0.4, -0.2) is 21.3 Å². The van der Waals surface area contributed by atoms with Crippen LogP contribution in [0.5, 0.6) is 11.5 Å². The molecule has 0 atom stereocenters. The Labute approximate surface area is 256 Å². The first kappa shape index (κ1) is 26.4. The highest BCUT2D eigenvalue weighted by Crippen LogP contribution is 2.52. The van der Waals surface area contributed by atoms with Crippen molar-refractivity contribution in [1.82, 2.24) is 0 Å². The Hall–Kier alpha value is 0.360. The fourth-order valence-corrected chi connectivity index (χ4v) is 7.93. The molecule has 4 aromatic rings. The molecule has 3 N–H and O–H groups in total. The van der Waals surface area contributed by atoms with Gasteiger partial charge in [-0.3, -0.25) is 0 Å². The van der Waals surface area contributed by atoms with E-state index in [9.17, 15) is 20.1 Å². The van der Waals surface area contributed by atoms with E-state index in [2.05, 4.69) is 63.7 Å². The number of phenolic OH excluding ortho intramolecular Hbond substituents is 2. The largest absolute Gasteiger partial charge is 0.505 e. The van der Waals surface area contributed by atoms with E-state index in [0.29, 0.717) is 46.9 Å². The molecule has 0 saturated heterocycles. The van der Waals surface area contributed by atoms with Crippen LogP contribution in [0.3, 0.4) is 0 Å². The van der Waals surface area contributed by atoms with Crippen LogP contribution in [0, 0.1) is 7.14 Å². The molecule has 1 aromatic heterocycles. The number of hydrogen-bond donors (Lipinski definition) is 3. The van der Waals surface area contributed by atoms with Crippen LogP contribution < -0.4 is 0 Å². The SMILES string of the molecule is O=C(O)c1c(Br)c(Br)c(Br)c(Br)c1-c1c2cc(Cl)c(O)c(I)c2[o+]c2c(I)c(O)c(Cl)cc12. The van der Waals surface area contributed by atoms with Gasteiger partial charge in [0.25, 0.3) is 0 Å². The van der Waals surface area contributed by atoms with E-state index in [1.165, 1.54) is 12.1 Å². The average molecular weight is 970 g/mol. The predicted molar refractivity (Wildman–Crippen MR) is 160 cm³/mol. The van der Waals surface area contributed by atoms with Gasteiger partial charge in [-0.1, -0.05) is 23.2 Å². The Morgan fingerprint density at radius 2 is 1.21 bits per heavy atom. The maximum absolute atomic E-state index is 12.4. The molecule has 1 heterocycles. The standard InChI is InChI=1S/C20H4Br4Cl2I2O5/c21-10-8(9(20(31)32)11(22)13(24)12(10)23)7-3-1-5(25)16(29)14(27)18(3)33-19-4(7)2-6(26)17(30)15(19)28/h1-2H,(H2-,29,30,31,32)/p+1. The molecule has 0 amide bonds. The van der Waals surface area contributed by atoms with Crippen molar-refractivity contribution in [1.29, 1.82) is 0 Å². The molecule has 0 aliphatic rings. The van der Waals surface area contributed by atoms with Gasteiger partial charge in [-0.05, 0) is 121 Å². The molecule has 0 unspecified atom stereocenters. The van der Waals surface area contributed by atoms with Crippen molar-refractivity contribution < 1.29 is 24.5 Å². The Bertz CT molecular complexity index is 1490. The van der Waals surface area contributed by atoms with Gasteiger partial charge >= 0.3 is 17.1 Å². The molecule has 0 spiro atoms. The summed E-state index contributed by atoms with van der Waals surface area (Å²) in [6.45, 7) is 0. The summed E-state index contributed by atoms with van der Waals surface area (Å²) in [5.74, 6) is -1.54. The van der Waals surface area contributed by atoms with Crippen LogP contribution in [0.2, 0.25) is 10.0 Å². The number of halogens is 8. The number of carbonyl (C=O) groups is 1. The third-order valence-electron chi connectivity index (χ3n) is 4.77. The van der Waals surface area contributed by atoms with Crippen LogP contribution in [-0.2, 0) is 0 Å². The van der Waals surface area contributed by atoms with Gasteiger partial charge in [0.15, 0.2) is 18.6 Å². The Balaban J connectivity index is 2.44. The van der Waals surface area contributed by atoms with E-state index in [-0.39, 0.29) is 38.3 Å². The first-order chi connectivity index (χ1) is 15.4. The fraction of sp³-hybridized carbons (Fsp3) is 0. The molecule has 0 radical (unpaired) electrons. The van der Waals surface area contributed by atoms with Crippen molar-refractivity contribution in [3.63, 3.8) is 0 Å². The maximum Gasteiger partial charge on any atom is 0.378 e. The normalized spacial score (nSPS) is 11.5. The summed E-state index contributed by atoms with van der Waals surface area (Å²) in [5.41, 5.74) is 1.23. The van der Waals surface area contributed by atoms with Gasteiger partial charge < -0.3 is 15.3 Å². The molecule has 0 saturated carbocycles. The molecule has 170 valence electrons. The van der Waals surface area contributed by atoms with E-state index >= 15 is 0 Å². The third-order valence-corrected chi connectivity index (χ3v) is 12.1. The summed E-state index contributed by atoms with van der Waals surface area (Å²) in [4.78, 5) is 12.4. The van der Waals surface area contributed by atoms with Gasteiger partial charge in [0, 0.05) is 29.0 Å². The van der Waals surface area contributed by atoms with Crippen LogP contribution in [0.1, 0.15) is 10.4 Å². The van der Waals surface area contributed by atoms with Crippen LogP contribution >= 0.6 is 132 Å². The number of fused-ring (bicyclic) bond motifs is 2. The highest BCUT2D eigenvalue weighted by Gasteiger charge is 2.34. The van der Waals surface area contributed by atoms with Crippen molar-refractivity contribution in [2.24, 2.45) is 0 Å². The lowest BCUT2D eigenvalue weighted by Gasteiger charge is -2.17. The van der Waals surface area contributed by atoms with E-state index in [1.807, 2.05) is 45.2 Å². The fourth-order valence-electron chi connectivity index (χ4n) is 3.34. The van der Waals surface area contributed by atoms with Gasteiger partial charge in [-0.15, -0.1) is 0 Å². The minimum Gasteiger partial charge on any atom is -0.505 e. The van der Waals surface area contributed by atoms with Crippen LogP contribution in [0.25, 0.3) is 33.1 Å². The minimum absolute atomic E-state index is 0.0378. The second kappa shape index (κ2) is 9.67. The topological polar surface area (TPSA) is 89.1 Å². The molecule has 13 heteroatoms. The van der Waals surface area contributed by atoms with Crippen LogP contribution in [0.4, 0.5) is 0 Å². The quantitative estimate of drug-likeness (QED) is 0.0613. The van der Waals surface area contributed by atoms with Crippen molar-refractivity contribution in [3.05, 3.63) is 52.8 Å².